The molecule has 0 radical (unpaired) electrons. The van der Waals surface area contributed by atoms with Gasteiger partial charge in [-0.2, -0.15) is 0 Å². The molecular weight excluding hydrogens is 226 g/mol. The zero-order valence-corrected chi connectivity index (χ0v) is 12.0. The van der Waals surface area contributed by atoms with Crippen LogP contribution >= 0.6 is 0 Å². The molecule has 0 aromatic carbocycles. The van der Waals surface area contributed by atoms with Crippen LogP contribution in [0.5, 0.6) is 0 Å². The second kappa shape index (κ2) is 6.88. The first-order valence-corrected chi connectivity index (χ1v) is 7.65. The lowest BCUT2D eigenvalue weighted by molar-refractivity contribution is -0.123. The highest BCUT2D eigenvalue weighted by atomic mass is 16.5. The molecule has 1 aliphatic carbocycles. The van der Waals surface area contributed by atoms with Crippen LogP contribution in [0, 0.1) is 5.92 Å². The third-order valence-corrected chi connectivity index (χ3v) is 4.36. The van der Waals surface area contributed by atoms with Gasteiger partial charge in [-0.05, 0) is 51.0 Å². The first kappa shape index (κ1) is 14.3. The molecule has 1 N–H and O–H groups in total. The van der Waals surface area contributed by atoms with Gasteiger partial charge in [-0.25, -0.2) is 0 Å². The predicted molar refractivity (Wildman–Crippen MR) is 73.8 cm³/mol. The highest BCUT2D eigenvalue weighted by molar-refractivity contribution is 4.90. The Labute approximate surface area is 112 Å². The van der Waals surface area contributed by atoms with E-state index in [1.54, 1.807) is 0 Å². The van der Waals surface area contributed by atoms with Crippen LogP contribution in [-0.2, 0) is 9.47 Å². The Morgan fingerprint density at radius 3 is 2.56 bits per heavy atom. The molecular formula is C15H29NO2. The van der Waals surface area contributed by atoms with Gasteiger partial charge in [0.1, 0.15) is 0 Å². The molecule has 3 nitrogen and oxygen atoms in total. The van der Waals surface area contributed by atoms with E-state index in [1.165, 1.54) is 38.5 Å². The van der Waals surface area contributed by atoms with Crippen LogP contribution in [-0.4, -0.2) is 38.0 Å². The predicted octanol–water partition coefficient (Wildman–Crippen LogP) is 2.74. The number of ether oxygens (including phenoxy) is 2. The second-order valence-corrected chi connectivity index (χ2v) is 6.26. The van der Waals surface area contributed by atoms with E-state index in [9.17, 15) is 0 Å². The normalized spacial score (nSPS) is 24.2. The summed E-state index contributed by atoms with van der Waals surface area (Å²) < 4.78 is 11.7. The van der Waals surface area contributed by atoms with Crippen molar-refractivity contribution in [2.45, 2.75) is 64.0 Å². The quantitative estimate of drug-likeness (QED) is 0.759. The molecule has 1 saturated heterocycles. The third kappa shape index (κ3) is 4.22. The van der Waals surface area contributed by atoms with E-state index < -0.39 is 0 Å². The molecule has 0 unspecified atom stereocenters. The first-order chi connectivity index (χ1) is 8.70. The van der Waals surface area contributed by atoms with Gasteiger partial charge >= 0.3 is 0 Å². The Balaban J connectivity index is 1.67. The summed E-state index contributed by atoms with van der Waals surface area (Å²) in [5.41, 5.74) is 0.209. The van der Waals surface area contributed by atoms with Gasteiger partial charge in [0.15, 0.2) is 0 Å². The lowest BCUT2D eigenvalue weighted by Crippen LogP contribution is -2.44. The summed E-state index contributed by atoms with van der Waals surface area (Å²) >= 11 is 0. The molecule has 18 heavy (non-hydrogen) atoms. The van der Waals surface area contributed by atoms with Crippen LogP contribution in [0.1, 0.15) is 52.4 Å². The van der Waals surface area contributed by atoms with Gasteiger partial charge in [-0.1, -0.05) is 13.8 Å². The summed E-state index contributed by atoms with van der Waals surface area (Å²) in [5, 5.41) is 3.51. The zero-order chi connectivity index (χ0) is 12.8. The molecule has 0 spiro atoms. The Kier molecular flexibility index (Phi) is 5.46. The Hall–Kier alpha value is -0.120. The van der Waals surface area contributed by atoms with Gasteiger partial charge in [0, 0.05) is 19.3 Å². The molecule has 0 bridgehead atoms. The molecule has 0 amide bonds. The molecule has 1 heterocycles. The maximum atomic E-state index is 6.29. The van der Waals surface area contributed by atoms with Gasteiger partial charge in [-0.15, -0.1) is 0 Å². The SMILES string of the molecule is CC(C)NCCC1(OCC2CCOCC2)CCC1. The van der Waals surface area contributed by atoms with Crippen molar-refractivity contribution in [3.63, 3.8) is 0 Å². The molecule has 0 aromatic rings. The summed E-state index contributed by atoms with van der Waals surface area (Å²) in [7, 11) is 0. The van der Waals surface area contributed by atoms with Gasteiger partial charge in [-0.3, -0.25) is 0 Å². The monoisotopic (exact) mass is 255 g/mol. The smallest absolute Gasteiger partial charge is 0.0694 e. The van der Waals surface area contributed by atoms with Crippen molar-refractivity contribution in [2.24, 2.45) is 5.92 Å². The average molecular weight is 255 g/mol. The fourth-order valence-electron chi connectivity index (χ4n) is 2.83. The topological polar surface area (TPSA) is 30.5 Å². The minimum absolute atomic E-state index is 0.209. The number of rotatable bonds is 7. The minimum Gasteiger partial charge on any atom is -0.381 e. The molecule has 1 aliphatic heterocycles. The van der Waals surface area contributed by atoms with Crippen molar-refractivity contribution in [1.82, 2.24) is 5.32 Å². The van der Waals surface area contributed by atoms with Crippen molar-refractivity contribution < 1.29 is 9.47 Å². The average Bonchev–Trinajstić information content (AvgIpc) is 2.32. The minimum atomic E-state index is 0.209. The van der Waals surface area contributed by atoms with E-state index in [0.717, 1.165) is 32.3 Å². The van der Waals surface area contributed by atoms with E-state index in [0.29, 0.717) is 6.04 Å². The van der Waals surface area contributed by atoms with E-state index >= 15 is 0 Å². The van der Waals surface area contributed by atoms with E-state index in [-0.39, 0.29) is 5.60 Å². The number of hydrogen-bond donors (Lipinski definition) is 1. The van der Waals surface area contributed by atoms with Crippen LogP contribution in [0.15, 0.2) is 0 Å². The summed E-state index contributed by atoms with van der Waals surface area (Å²) in [6.45, 7) is 8.30. The Morgan fingerprint density at radius 1 is 1.28 bits per heavy atom. The molecule has 0 atom stereocenters. The summed E-state index contributed by atoms with van der Waals surface area (Å²) in [5.74, 6) is 0.731. The highest BCUT2D eigenvalue weighted by Crippen LogP contribution is 2.39. The first-order valence-electron chi connectivity index (χ1n) is 7.65. The van der Waals surface area contributed by atoms with Gasteiger partial charge < -0.3 is 14.8 Å². The third-order valence-electron chi connectivity index (χ3n) is 4.36. The number of nitrogens with one attached hydrogen (secondary N) is 1. The van der Waals surface area contributed by atoms with Gasteiger partial charge in [0.25, 0.3) is 0 Å². The van der Waals surface area contributed by atoms with Crippen molar-refractivity contribution >= 4 is 0 Å². The summed E-state index contributed by atoms with van der Waals surface area (Å²) in [4.78, 5) is 0. The maximum Gasteiger partial charge on any atom is 0.0694 e. The van der Waals surface area contributed by atoms with Gasteiger partial charge in [0.05, 0.1) is 12.2 Å². The molecule has 2 fully saturated rings. The standard InChI is InChI=1S/C15H29NO2/c1-13(2)16-9-8-15(6-3-7-15)18-12-14-4-10-17-11-5-14/h13-14,16H,3-12H2,1-2H3. The largest absolute Gasteiger partial charge is 0.381 e. The van der Waals surface area contributed by atoms with Gasteiger partial charge in [0.2, 0.25) is 0 Å². The summed E-state index contributed by atoms with van der Waals surface area (Å²) in [6, 6.07) is 0.581. The van der Waals surface area contributed by atoms with Crippen LogP contribution in [0.3, 0.4) is 0 Å². The Morgan fingerprint density at radius 2 is 2.00 bits per heavy atom. The Bertz CT molecular complexity index is 233. The van der Waals surface area contributed by atoms with E-state index in [1.807, 2.05) is 0 Å². The molecule has 3 heteroatoms. The van der Waals surface area contributed by atoms with Crippen LogP contribution < -0.4 is 5.32 Å². The molecule has 0 aromatic heterocycles. The molecule has 2 aliphatic rings. The fraction of sp³-hybridized carbons (Fsp3) is 1.00. The van der Waals surface area contributed by atoms with E-state index in [4.69, 9.17) is 9.47 Å². The number of hydrogen-bond acceptors (Lipinski definition) is 3. The molecule has 2 rings (SSSR count). The van der Waals surface area contributed by atoms with Crippen LogP contribution in [0.25, 0.3) is 0 Å². The molecule has 1 saturated carbocycles. The summed E-state index contributed by atoms with van der Waals surface area (Å²) in [6.07, 6.45) is 7.40. The van der Waals surface area contributed by atoms with Crippen LogP contribution in [0.4, 0.5) is 0 Å². The van der Waals surface area contributed by atoms with Crippen molar-refractivity contribution in [3.05, 3.63) is 0 Å². The maximum absolute atomic E-state index is 6.29. The van der Waals surface area contributed by atoms with Crippen LogP contribution in [0.2, 0.25) is 0 Å². The highest BCUT2D eigenvalue weighted by Gasteiger charge is 2.38. The van der Waals surface area contributed by atoms with Crippen molar-refractivity contribution in [3.8, 4) is 0 Å². The molecule has 106 valence electrons. The van der Waals surface area contributed by atoms with E-state index in [2.05, 4.69) is 19.2 Å². The lowest BCUT2D eigenvalue weighted by Gasteiger charge is -2.43. The zero-order valence-electron chi connectivity index (χ0n) is 12.0. The van der Waals surface area contributed by atoms with Crippen molar-refractivity contribution in [1.29, 1.82) is 0 Å². The second-order valence-electron chi connectivity index (χ2n) is 6.26. The fourth-order valence-corrected chi connectivity index (χ4v) is 2.83. The van der Waals surface area contributed by atoms with Crippen molar-refractivity contribution in [2.75, 3.05) is 26.4 Å². The lowest BCUT2D eigenvalue weighted by atomic mass is 9.77.